The van der Waals surface area contributed by atoms with E-state index in [1.54, 1.807) is 0 Å². The molecule has 2 N–H and O–H groups in total. The summed E-state index contributed by atoms with van der Waals surface area (Å²) in [7, 11) is 0. The second-order valence-corrected chi connectivity index (χ2v) is 4.11. The lowest BCUT2D eigenvalue weighted by molar-refractivity contribution is 0.126. The van der Waals surface area contributed by atoms with E-state index in [4.69, 9.17) is 10.7 Å². The van der Waals surface area contributed by atoms with Crippen LogP contribution < -0.4 is 5.90 Å². The summed E-state index contributed by atoms with van der Waals surface area (Å²) in [4.78, 5) is 4.84. The fourth-order valence-electron chi connectivity index (χ4n) is 2.35. The van der Waals surface area contributed by atoms with Gasteiger partial charge in [-0.3, -0.25) is 4.84 Å². The molecule has 0 aliphatic carbocycles. The molecule has 0 fully saturated rings. The van der Waals surface area contributed by atoms with Gasteiger partial charge in [0.2, 0.25) is 0 Å². The molecule has 3 aromatic carbocycles. The first-order valence-electron chi connectivity index (χ1n) is 5.61. The Balaban J connectivity index is 2.47. The summed E-state index contributed by atoms with van der Waals surface area (Å²) in [6.45, 7) is 0.432. The first-order chi connectivity index (χ1) is 8.40. The SMILES string of the molecule is NOCc1c2ccccc2cc2ccccc12. The van der Waals surface area contributed by atoms with Crippen molar-refractivity contribution in [3.05, 3.63) is 60.2 Å². The highest BCUT2D eigenvalue weighted by molar-refractivity contribution is 6.02. The quantitative estimate of drug-likeness (QED) is 0.534. The van der Waals surface area contributed by atoms with Crippen molar-refractivity contribution in [2.24, 2.45) is 5.90 Å². The van der Waals surface area contributed by atoms with Crippen molar-refractivity contribution in [2.75, 3.05) is 0 Å². The van der Waals surface area contributed by atoms with E-state index in [1.807, 2.05) is 24.3 Å². The molecule has 0 radical (unpaired) electrons. The molecular formula is C15H13NO. The van der Waals surface area contributed by atoms with E-state index in [-0.39, 0.29) is 0 Å². The zero-order chi connectivity index (χ0) is 11.7. The molecule has 0 aliphatic rings. The van der Waals surface area contributed by atoms with Crippen LogP contribution in [0.25, 0.3) is 21.5 Å². The van der Waals surface area contributed by atoms with Crippen LogP contribution in [0.3, 0.4) is 0 Å². The van der Waals surface area contributed by atoms with Gasteiger partial charge in [0, 0.05) is 0 Å². The first kappa shape index (κ1) is 10.3. The molecule has 2 heteroatoms. The minimum Gasteiger partial charge on any atom is -0.300 e. The van der Waals surface area contributed by atoms with E-state index in [1.165, 1.54) is 21.5 Å². The molecule has 84 valence electrons. The summed E-state index contributed by atoms with van der Waals surface area (Å²) in [6, 6.07) is 18.8. The Hall–Kier alpha value is -1.90. The Kier molecular flexibility index (Phi) is 2.52. The van der Waals surface area contributed by atoms with E-state index < -0.39 is 0 Å². The predicted octanol–water partition coefficient (Wildman–Crippen LogP) is 3.38. The van der Waals surface area contributed by atoms with Gasteiger partial charge in [-0.15, -0.1) is 0 Å². The van der Waals surface area contributed by atoms with Crippen LogP contribution in [0.2, 0.25) is 0 Å². The van der Waals surface area contributed by atoms with E-state index in [2.05, 4.69) is 30.3 Å². The molecule has 0 saturated carbocycles. The minimum absolute atomic E-state index is 0.432. The molecule has 0 atom stereocenters. The maximum atomic E-state index is 5.24. The lowest BCUT2D eigenvalue weighted by Gasteiger charge is -2.10. The van der Waals surface area contributed by atoms with Crippen LogP contribution in [0, 0.1) is 0 Å². The maximum absolute atomic E-state index is 5.24. The smallest absolute Gasteiger partial charge is 0.0942 e. The zero-order valence-electron chi connectivity index (χ0n) is 9.39. The topological polar surface area (TPSA) is 35.2 Å². The highest BCUT2D eigenvalue weighted by Crippen LogP contribution is 2.28. The summed E-state index contributed by atoms with van der Waals surface area (Å²) in [5, 5.41) is 4.85. The molecule has 0 unspecified atom stereocenters. The average molecular weight is 223 g/mol. The van der Waals surface area contributed by atoms with Crippen molar-refractivity contribution < 1.29 is 4.84 Å². The van der Waals surface area contributed by atoms with Crippen LogP contribution in [0.5, 0.6) is 0 Å². The fourth-order valence-corrected chi connectivity index (χ4v) is 2.35. The Labute approximate surface area is 99.6 Å². The minimum atomic E-state index is 0.432. The molecule has 0 bridgehead atoms. The first-order valence-corrected chi connectivity index (χ1v) is 5.61. The summed E-state index contributed by atoms with van der Waals surface area (Å²) < 4.78 is 0. The van der Waals surface area contributed by atoms with Gasteiger partial charge in [-0.1, -0.05) is 48.5 Å². The van der Waals surface area contributed by atoms with Crippen molar-refractivity contribution in [3.63, 3.8) is 0 Å². The second-order valence-electron chi connectivity index (χ2n) is 4.11. The van der Waals surface area contributed by atoms with Gasteiger partial charge in [-0.2, -0.15) is 0 Å². The number of hydrogen-bond donors (Lipinski definition) is 1. The number of hydrogen-bond acceptors (Lipinski definition) is 2. The van der Waals surface area contributed by atoms with Gasteiger partial charge in [0.15, 0.2) is 0 Å². The Bertz CT molecular complexity index is 622. The summed E-state index contributed by atoms with van der Waals surface area (Å²) in [6.07, 6.45) is 0. The van der Waals surface area contributed by atoms with Gasteiger partial charge in [-0.25, -0.2) is 5.90 Å². The van der Waals surface area contributed by atoms with Gasteiger partial charge in [0.05, 0.1) is 6.61 Å². The van der Waals surface area contributed by atoms with Crippen molar-refractivity contribution in [2.45, 2.75) is 6.61 Å². The molecular weight excluding hydrogens is 210 g/mol. The number of fused-ring (bicyclic) bond motifs is 2. The molecule has 2 nitrogen and oxygen atoms in total. The monoisotopic (exact) mass is 223 g/mol. The maximum Gasteiger partial charge on any atom is 0.0942 e. The van der Waals surface area contributed by atoms with Gasteiger partial charge in [0.25, 0.3) is 0 Å². The van der Waals surface area contributed by atoms with Gasteiger partial charge < -0.3 is 0 Å². The number of nitrogens with two attached hydrogens (primary N) is 1. The Morgan fingerprint density at radius 3 is 1.88 bits per heavy atom. The highest BCUT2D eigenvalue weighted by atomic mass is 16.6. The van der Waals surface area contributed by atoms with Gasteiger partial charge in [0.1, 0.15) is 0 Å². The predicted molar refractivity (Wildman–Crippen MR) is 70.4 cm³/mol. The molecule has 3 aromatic rings. The molecule has 0 aromatic heterocycles. The van der Waals surface area contributed by atoms with Crippen molar-refractivity contribution >= 4 is 21.5 Å². The summed E-state index contributed by atoms with van der Waals surface area (Å²) in [5.41, 5.74) is 1.15. The third-order valence-electron chi connectivity index (χ3n) is 3.11. The highest BCUT2D eigenvalue weighted by Gasteiger charge is 2.06. The molecule has 0 spiro atoms. The third-order valence-corrected chi connectivity index (χ3v) is 3.11. The largest absolute Gasteiger partial charge is 0.300 e. The molecule has 0 heterocycles. The average Bonchev–Trinajstić information content (AvgIpc) is 2.39. The molecule has 0 amide bonds. The normalized spacial score (nSPS) is 11.1. The molecule has 3 rings (SSSR count). The van der Waals surface area contributed by atoms with Crippen molar-refractivity contribution in [3.8, 4) is 0 Å². The molecule has 0 aliphatic heterocycles. The lowest BCUT2D eigenvalue weighted by Crippen LogP contribution is -2.00. The van der Waals surface area contributed by atoms with E-state index in [0.717, 1.165) is 5.56 Å². The second kappa shape index (κ2) is 4.17. The van der Waals surface area contributed by atoms with Crippen molar-refractivity contribution in [1.82, 2.24) is 0 Å². The van der Waals surface area contributed by atoms with Crippen LogP contribution in [0.4, 0.5) is 0 Å². The van der Waals surface area contributed by atoms with Crippen LogP contribution in [-0.2, 0) is 11.4 Å². The van der Waals surface area contributed by atoms with Crippen LogP contribution >= 0.6 is 0 Å². The fraction of sp³-hybridized carbons (Fsp3) is 0.0667. The van der Waals surface area contributed by atoms with Gasteiger partial charge in [-0.05, 0) is 33.2 Å². The lowest BCUT2D eigenvalue weighted by atomic mass is 9.97. The van der Waals surface area contributed by atoms with E-state index in [0.29, 0.717) is 6.61 Å². The Morgan fingerprint density at radius 2 is 1.35 bits per heavy atom. The van der Waals surface area contributed by atoms with Crippen LogP contribution in [0.1, 0.15) is 5.56 Å². The van der Waals surface area contributed by atoms with E-state index in [9.17, 15) is 0 Å². The van der Waals surface area contributed by atoms with Gasteiger partial charge >= 0.3 is 0 Å². The number of rotatable bonds is 2. The molecule has 17 heavy (non-hydrogen) atoms. The van der Waals surface area contributed by atoms with Crippen LogP contribution in [0.15, 0.2) is 54.6 Å². The van der Waals surface area contributed by atoms with E-state index >= 15 is 0 Å². The Morgan fingerprint density at radius 1 is 0.824 bits per heavy atom. The summed E-state index contributed by atoms with van der Waals surface area (Å²) in [5.74, 6) is 5.24. The standard InChI is InChI=1S/C15H13NO/c16-17-10-15-13-7-3-1-5-11(13)9-12-6-2-4-8-14(12)15/h1-9H,10,16H2. The van der Waals surface area contributed by atoms with Crippen LogP contribution in [-0.4, -0.2) is 0 Å². The third kappa shape index (κ3) is 1.68. The number of benzene rings is 3. The van der Waals surface area contributed by atoms with Crippen molar-refractivity contribution in [1.29, 1.82) is 0 Å². The molecule has 0 saturated heterocycles. The zero-order valence-corrected chi connectivity index (χ0v) is 9.39. The summed E-state index contributed by atoms with van der Waals surface area (Å²) >= 11 is 0.